The van der Waals surface area contributed by atoms with Gasteiger partial charge in [-0.15, -0.1) is 0 Å². The summed E-state index contributed by atoms with van der Waals surface area (Å²) in [5, 5.41) is 4.72. The molecular weight excluding hydrogens is 729 g/mol. The van der Waals surface area contributed by atoms with Crippen molar-refractivity contribution >= 4 is 68.1 Å². The summed E-state index contributed by atoms with van der Waals surface area (Å²) in [7, 11) is 0. The summed E-state index contributed by atoms with van der Waals surface area (Å²) in [6.07, 6.45) is 4.38. The van der Waals surface area contributed by atoms with Gasteiger partial charge in [-0.05, 0) is 130 Å². The Hall–Kier alpha value is -8.08. The van der Waals surface area contributed by atoms with Gasteiger partial charge in [0.1, 0.15) is 11.6 Å². The normalized spacial score (nSPS) is 11.3. The molecule has 0 unspecified atom stereocenters. The van der Waals surface area contributed by atoms with Gasteiger partial charge >= 0.3 is 0 Å². The van der Waals surface area contributed by atoms with Crippen LogP contribution >= 0.6 is 0 Å². The lowest BCUT2D eigenvalue weighted by Gasteiger charge is -2.24. The maximum Gasteiger partial charge on any atom is 0.138 e. The predicted molar refractivity (Wildman–Crippen MR) is 253 cm³/mol. The van der Waals surface area contributed by atoms with Crippen LogP contribution in [0.1, 0.15) is 11.1 Å². The van der Waals surface area contributed by atoms with Crippen molar-refractivity contribution in [1.29, 1.82) is 0 Å². The number of benzene rings is 8. The van der Waals surface area contributed by atoms with Crippen molar-refractivity contribution in [3.05, 3.63) is 242 Å². The van der Waals surface area contributed by atoms with E-state index < -0.39 is 0 Å². The fourth-order valence-electron chi connectivity index (χ4n) is 7.80. The topological polar surface area (TPSA) is 32.3 Å². The van der Waals surface area contributed by atoms with E-state index in [-0.39, 0.29) is 0 Å². The first-order chi connectivity index (χ1) is 29.7. The SMILES string of the molecule is C(=C\c1ccc2cc(-c3cccc(N(c4ccccc4)c4ccccc4)n3)ccc2c1)/c1ccc2cc(-c3cccc(N(c4ccccc4)c4ccccc4)n3)ccc2c1. The minimum Gasteiger partial charge on any atom is -0.295 e. The average Bonchev–Trinajstić information content (AvgIpc) is 3.32. The van der Waals surface area contributed by atoms with Gasteiger partial charge in [-0.1, -0.05) is 146 Å². The lowest BCUT2D eigenvalue weighted by Crippen LogP contribution is -2.11. The van der Waals surface area contributed by atoms with Crippen LogP contribution in [0.25, 0.3) is 56.2 Å². The maximum absolute atomic E-state index is 5.17. The molecule has 0 saturated carbocycles. The summed E-state index contributed by atoms with van der Waals surface area (Å²) < 4.78 is 0. The van der Waals surface area contributed by atoms with Crippen molar-refractivity contribution in [3.63, 3.8) is 0 Å². The third kappa shape index (κ3) is 7.66. The molecular formula is C56H40N4. The number of anilines is 6. The Labute approximate surface area is 350 Å². The van der Waals surface area contributed by atoms with Crippen molar-refractivity contribution in [1.82, 2.24) is 9.97 Å². The molecule has 0 aliphatic rings. The standard InChI is InChI=1S/C56H40N4/c1-5-15-49(16-6-1)59(50-17-7-2-8-18-50)55-25-13-23-53(57-55)47-35-33-43-37-41(29-31-45(43)39-47)27-28-42-30-32-46-40-48(36-34-44(46)38-42)54-24-14-26-56(58-54)60(51-19-9-3-10-20-51)52-21-11-4-12-22-52/h1-40H/b28-27+. The van der Waals surface area contributed by atoms with E-state index in [1.807, 2.05) is 24.3 Å². The number of fused-ring (bicyclic) bond motifs is 2. The molecule has 0 atom stereocenters. The number of hydrogen-bond acceptors (Lipinski definition) is 4. The molecule has 10 rings (SSSR count). The Morgan fingerprint density at radius 2 is 0.617 bits per heavy atom. The van der Waals surface area contributed by atoms with Crippen LogP contribution < -0.4 is 9.80 Å². The number of aromatic nitrogens is 2. The summed E-state index contributed by atoms with van der Waals surface area (Å²) in [5.74, 6) is 1.74. The first kappa shape index (κ1) is 36.3. The average molecular weight is 769 g/mol. The molecule has 4 heteroatoms. The van der Waals surface area contributed by atoms with Gasteiger partial charge in [0, 0.05) is 33.9 Å². The Kier molecular flexibility index (Phi) is 9.92. The summed E-state index contributed by atoms with van der Waals surface area (Å²) in [4.78, 5) is 14.7. The van der Waals surface area contributed by atoms with Crippen molar-refractivity contribution < 1.29 is 0 Å². The summed E-state index contributed by atoms with van der Waals surface area (Å²) in [5.41, 5.74) is 10.6. The van der Waals surface area contributed by atoms with Gasteiger partial charge in [0.25, 0.3) is 0 Å². The van der Waals surface area contributed by atoms with E-state index >= 15 is 0 Å². The van der Waals surface area contributed by atoms with Crippen LogP contribution in [0.5, 0.6) is 0 Å². The zero-order chi connectivity index (χ0) is 40.1. The van der Waals surface area contributed by atoms with Crippen LogP contribution in [-0.4, -0.2) is 9.97 Å². The molecule has 0 amide bonds. The molecule has 0 radical (unpaired) electrons. The molecule has 2 heterocycles. The molecule has 0 saturated heterocycles. The third-order valence-corrected chi connectivity index (χ3v) is 10.8. The van der Waals surface area contributed by atoms with Crippen LogP contribution in [0.2, 0.25) is 0 Å². The highest BCUT2D eigenvalue weighted by atomic mass is 15.2. The zero-order valence-corrected chi connectivity index (χ0v) is 32.9. The Bertz CT molecular complexity index is 2800. The van der Waals surface area contributed by atoms with E-state index in [1.54, 1.807) is 0 Å². The van der Waals surface area contributed by atoms with Gasteiger partial charge in [-0.2, -0.15) is 0 Å². The van der Waals surface area contributed by atoms with E-state index in [0.717, 1.165) is 68.0 Å². The molecule has 0 fully saturated rings. The van der Waals surface area contributed by atoms with Crippen molar-refractivity contribution in [3.8, 4) is 22.5 Å². The molecule has 4 nitrogen and oxygen atoms in total. The third-order valence-electron chi connectivity index (χ3n) is 10.8. The first-order valence-electron chi connectivity index (χ1n) is 20.2. The van der Waals surface area contributed by atoms with Gasteiger partial charge in [-0.3, -0.25) is 9.80 Å². The lowest BCUT2D eigenvalue weighted by atomic mass is 10.0. The summed E-state index contributed by atoms with van der Waals surface area (Å²) in [6, 6.07) is 80.5. The van der Waals surface area contributed by atoms with E-state index in [0.29, 0.717) is 0 Å². The fraction of sp³-hybridized carbons (Fsp3) is 0. The fourth-order valence-corrected chi connectivity index (χ4v) is 7.80. The van der Waals surface area contributed by atoms with Crippen molar-refractivity contribution in [2.24, 2.45) is 0 Å². The minimum absolute atomic E-state index is 0.872. The molecule has 284 valence electrons. The predicted octanol–water partition coefficient (Wildman–Crippen LogP) is 15.2. The van der Waals surface area contributed by atoms with E-state index in [2.05, 4.69) is 228 Å². The zero-order valence-electron chi connectivity index (χ0n) is 32.9. The number of pyridine rings is 2. The Balaban J connectivity index is 0.875. The summed E-state index contributed by atoms with van der Waals surface area (Å²) >= 11 is 0. The smallest absolute Gasteiger partial charge is 0.138 e. The van der Waals surface area contributed by atoms with Gasteiger partial charge in [-0.25, -0.2) is 9.97 Å². The lowest BCUT2D eigenvalue weighted by molar-refractivity contribution is 1.18. The Morgan fingerprint density at radius 1 is 0.283 bits per heavy atom. The van der Waals surface area contributed by atoms with E-state index in [4.69, 9.17) is 9.97 Å². The van der Waals surface area contributed by atoms with E-state index in [1.165, 1.54) is 21.5 Å². The van der Waals surface area contributed by atoms with Crippen LogP contribution in [0, 0.1) is 0 Å². The maximum atomic E-state index is 5.17. The molecule has 8 aromatic carbocycles. The molecule has 0 N–H and O–H groups in total. The van der Waals surface area contributed by atoms with Gasteiger partial charge in [0.05, 0.1) is 11.4 Å². The minimum atomic E-state index is 0.872. The molecule has 2 aromatic heterocycles. The largest absolute Gasteiger partial charge is 0.295 e. The van der Waals surface area contributed by atoms with Gasteiger partial charge in [0.2, 0.25) is 0 Å². The van der Waals surface area contributed by atoms with E-state index in [9.17, 15) is 0 Å². The first-order valence-corrected chi connectivity index (χ1v) is 20.2. The second-order valence-electron chi connectivity index (χ2n) is 14.8. The quantitative estimate of drug-likeness (QED) is 0.130. The molecule has 0 spiro atoms. The van der Waals surface area contributed by atoms with Crippen molar-refractivity contribution in [2.45, 2.75) is 0 Å². The number of rotatable bonds is 10. The molecule has 0 bridgehead atoms. The van der Waals surface area contributed by atoms with Crippen molar-refractivity contribution in [2.75, 3.05) is 9.80 Å². The van der Waals surface area contributed by atoms with Gasteiger partial charge < -0.3 is 0 Å². The monoisotopic (exact) mass is 768 g/mol. The van der Waals surface area contributed by atoms with Crippen LogP contribution in [0.15, 0.2) is 231 Å². The van der Waals surface area contributed by atoms with Crippen LogP contribution in [-0.2, 0) is 0 Å². The summed E-state index contributed by atoms with van der Waals surface area (Å²) in [6.45, 7) is 0. The molecule has 60 heavy (non-hydrogen) atoms. The Morgan fingerprint density at radius 3 is 0.983 bits per heavy atom. The molecule has 0 aliphatic carbocycles. The highest BCUT2D eigenvalue weighted by Crippen LogP contribution is 2.36. The molecule has 10 aromatic rings. The highest BCUT2D eigenvalue weighted by molar-refractivity contribution is 5.92. The number of hydrogen-bond donors (Lipinski definition) is 0. The van der Waals surface area contributed by atoms with Crippen LogP contribution in [0.3, 0.4) is 0 Å². The molecule has 0 aliphatic heterocycles. The second-order valence-corrected chi connectivity index (χ2v) is 14.8. The van der Waals surface area contributed by atoms with Crippen LogP contribution in [0.4, 0.5) is 34.4 Å². The van der Waals surface area contributed by atoms with Gasteiger partial charge in [0.15, 0.2) is 0 Å². The number of nitrogens with zero attached hydrogens (tertiary/aromatic N) is 4. The second kappa shape index (κ2) is 16.4. The number of para-hydroxylation sites is 4. The highest BCUT2D eigenvalue weighted by Gasteiger charge is 2.16.